The SMILES string of the molecule is CNc1nc(N(C)CC2CCCO2)nc(-n2cccn2)n1. The van der Waals surface area contributed by atoms with Crippen molar-refractivity contribution in [1.29, 1.82) is 0 Å². The quantitative estimate of drug-likeness (QED) is 0.868. The third-order valence-electron chi connectivity index (χ3n) is 3.39. The number of rotatable bonds is 5. The number of nitrogens with zero attached hydrogens (tertiary/aromatic N) is 6. The summed E-state index contributed by atoms with van der Waals surface area (Å²) in [6.07, 6.45) is 5.95. The molecule has 8 nitrogen and oxygen atoms in total. The van der Waals surface area contributed by atoms with Gasteiger partial charge in [-0.3, -0.25) is 0 Å². The van der Waals surface area contributed by atoms with Crippen molar-refractivity contribution in [3.63, 3.8) is 0 Å². The fourth-order valence-electron chi connectivity index (χ4n) is 2.30. The Morgan fingerprint density at radius 3 is 3.00 bits per heavy atom. The second-order valence-electron chi connectivity index (χ2n) is 4.98. The molecule has 1 fully saturated rings. The van der Waals surface area contributed by atoms with Crippen molar-refractivity contribution >= 4 is 11.9 Å². The molecule has 3 rings (SSSR count). The van der Waals surface area contributed by atoms with Crippen LogP contribution in [0.3, 0.4) is 0 Å². The smallest absolute Gasteiger partial charge is 0.257 e. The van der Waals surface area contributed by atoms with Crippen molar-refractivity contribution in [2.24, 2.45) is 0 Å². The standard InChI is InChI=1S/C13H19N7O/c1-14-11-16-12(19(2)9-10-5-3-8-21-10)18-13(17-11)20-7-4-6-15-20/h4,6-7,10H,3,5,8-9H2,1-2H3,(H,14,16,17,18). The second-order valence-corrected chi connectivity index (χ2v) is 4.98. The average Bonchev–Trinajstić information content (AvgIpc) is 3.20. The van der Waals surface area contributed by atoms with Gasteiger partial charge in [0.05, 0.1) is 6.10 Å². The van der Waals surface area contributed by atoms with Crippen molar-refractivity contribution in [1.82, 2.24) is 24.7 Å². The Balaban J connectivity index is 1.84. The number of hydrogen-bond acceptors (Lipinski definition) is 7. The number of aromatic nitrogens is 5. The van der Waals surface area contributed by atoms with E-state index in [9.17, 15) is 0 Å². The Hall–Kier alpha value is -2.22. The second kappa shape index (κ2) is 6.04. The minimum atomic E-state index is 0.248. The summed E-state index contributed by atoms with van der Waals surface area (Å²) in [4.78, 5) is 15.2. The van der Waals surface area contributed by atoms with E-state index < -0.39 is 0 Å². The zero-order valence-corrected chi connectivity index (χ0v) is 12.2. The van der Waals surface area contributed by atoms with Gasteiger partial charge in [-0.2, -0.15) is 20.1 Å². The number of nitrogens with one attached hydrogen (secondary N) is 1. The van der Waals surface area contributed by atoms with Crippen LogP contribution in [0, 0.1) is 0 Å². The molecule has 112 valence electrons. The highest BCUT2D eigenvalue weighted by Gasteiger charge is 2.19. The predicted octanol–water partition coefficient (Wildman–Crippen LogP) is 0.714. The van der Waals surface area contributed by atoms with Crippen molar-refractivity contribution in [3.05, 3.63) is 18.5 Å². The lowest BCUT2D eigenvalue weighted by atomic mass is 10.2. The molecule has 1 unspecified atom stereocenters. The summed E-state index contributed by atoms with van der Waals surface area (Å²) in [5, 5.41) is 7.12. The molecule has 2 aromatic heterocycles. The monoisotopic (exact) mass is 289 g/mol. The van der Waals surface area contributed by atoms with Crippen LogP contribution in [0.2, 0.25) is 0 Å². The average molecular weight is 289 g/mol. The van der Waals surface area contributed by atoms with Gasteiger partial charge in [0, 0.05) is 39.6 Å². The van der Waals surface area contributed by atoms with Crippen LogP contribution < -0.4 is 10.2 Å². The number of likely N-dealkylation sites (N-methyl/N-ethyl adjacent to an activating group) is 1. The van der Waals surface area contributed by atoms with Crippen LogP contribution >= 0.6 is 0 Å². The third-order valence-corrected chi connectivity index (χ3v) is 3.39. The van der Waals surface area contributed by atoms with E-state index in [1.807, 2.05) is 18.0 Å². The Kier molecular flexibility index (Phi) is 3.96. The maximum atomic E-state index is 5.66. The van der Waals surface area contributed by atoms with E-state index in [4.69, 9.17) is 4.74 Å². The summed E-state index contributed by atoms with van der Waals surface area (Å²) < 4.78 is 7.28. The fourth-order valence-corrected chi connectivity index (χ4v) is 2.30. The first-order valence-corrected chi connectivity index (χ1v) is 7.03. The van der Waals surface area contributed by atoms with Gasteiger partial charge in [0.25, 0.3) is 5.95 Å². The minimum absolute atomic E-state index is 0.248. The van der Waals surface area contributed by atoms with Gasteiger partial charge in [0.1, 0.15) is 0 Å². The predicted molar refractivity (Wildman–Crippen MR) is 78.7 cm³/mol. The van der Waals surface area contributed by atoms with Crippen LogP contribution in [-0.2, 0) is 4.74 Å². The van der Waals surface area contributed by atoms with Gasteiger partial charge in [0.2, 0.25) is 11.9 Å². The molecule has 3 heterocycles. The summed E-state index contributed by atoms with van der Waals surface area (Å²) in [6, 6.07) is 1.83. The molecule has 0 aromatic carbocycles. The van der Waals surface area contributed by atoms with Crippen LogP contribution in [0.25, 0.3) is 5.95 Å². The van der Waals surface area contributed by atoms with Gasteiger partial charge in [-0.15, -0.1) is 0 Å². The Morgan fingerprint density at radius 1 is 1.43 bits per heavy atom. The largest absolute Gasteiger partial charge is 0.376 e. The summed E-state index contributed by atoms with van der Waals surface area (Å²) in [5.41, 5.74) is 0. The molecule has 1 aliphatic rings. The molecular formula is C13H19N7O. The van der Waals surface area contributed by atoms with Crippen molar-refractivity contribution in [2.45, 2.75) is 18.9 Å². The summed E-state index contributed by atoms with van der Waals surface area (Å²) in [5.74, 6) is 1.62. The molecule has 0 spiro atoms. The molecule has 1 N–H and O–H groups in total. The molecule has 8 heteroatoms. The molecule has 21 heavy (non-hydrogen) atoms. The number of hydrogen-bond donors (Lipinski definition) is 1. The highest BCUT2D eigenvalue weighted by Crippen LogP contribution is 2.16. The van der Waals surface area contributed by atoms with Crippen molar-refractivity contribution in [2.75, 3.05) is 37.5 Å². The molecule has 0 bridgehead atoms. The number of anilines is 2. The lowest BCUT2D eigenvalue weighted by Gasteiger charge is -2.21. The van der Waals surface area contributed by atoms with Gasteiger partial charge < -0.3 is 15.0 Å². The van der Waals surface area contributed by atoms with Crippen LogP contribution in [0.5, 0.6) is 0 Å². The Morgan fingerprint density at radius 2 is 2.33 bits per heavy atom. The van der Waals surface area contributed by atoms with Gasteiger partial charge in [-0.05, 0) is 18.9 Å². The maximum absolute atomic E-state index is 5.66. The van der Waals surface area contributed by atoms with Crippen LogP contribution in [0.4, 0.5) is 11.9 Å². The first kappa shape index (κ1) is 13.7. The molecule has 0 amide bonds. The van der Waals surface area contributed by atoms with E-state index in [1.165, 1.54) is 0 Å². The van der Waals surface area contributed by atoms with E-state index in [2.05, 4.69) is 25.4 Å². The van der Waals surface area contributed by atoms with E-state index in [-0.39, 0.29) is 6.10 Å². The molecule has 0 saturated carbocycles. The van der Waals surface area contributed by atoms with Crippen LogP contribution in [0.15, 0.2) is 18.5 Å². The highest BCUT2D eigenvalue weighted by molar-refractivity contribution is 5.39. The van der Waals surface area contributed by atoms with Gasteiger partial charge in [-0.1, -0.05) is 0 Å². The lowest BCUT2D eigenvalue weighted by Crippen LogP contribution is -2.30. The molecule has 1 atom stereocenters. The topological polar surface area (TPSA) is 81.0 Å². The molecule has 0 radical (unpaired) electrons. The summed E-state index contributed by atoms with van der Waals surface area (Å²) in [6.45, 7) is 1.61. The third kappa shape index (κ3) is 3.10. The Bertz CT molecular complexity index is 580. The molecular weight excluding hydrogens is 270 g/mol. The molecule has 1 aliphatic heterocycles. The van der Waals surface area contributed by atoms with Crippen molar-refractivity contribution in [3.8, 4) is 5.95 Å². The van der Waals surface area contributed by atoms with Gasteiger partial charge >= 0.3 is 0 Å². The zero-order valence-electron chi connectivity index (χ0n) is 12.2. The molecule has 0 aliphatic carbocycles. The lowest BCUT2D eigenvalue weighted by molar-refractivity contribution is 0.116. The summed E-state index contributed by atoms with van der Waals surface area (Å²) in [7, 11) is 3.75. The van der Waals surface area contributed by atoms with Crippen molar-refractivity contribution < 1.29 is 4.74 Å². The fraction of sp³-hybridized carbons (Fsp3) is 0.538. The molecule has 2 aromatic rings. The van der Waals surface area contributed by atoms with Gasteiger partial charge in [0.15, 0.2) is 0 Å². The van der Waals surface area contributed by atoms with E-state index in [0.29, 0.717) is 17.8 Å². The van der Waals surface area contributed by atoms with E-state index in [1.54, 1.807) is 24.1 Å². The maximum Gasteiger partial charge on any atom is 0.257 e. The first-order valence-electron chi connectivity index (χ1n) is 7.03. The zero-order chi connectivity index (χ0) is 14.7. The van der Waals surface area contributed by atoms with E-state index in [0.717, 1.165) is 26.0 Å². The van der Waals surface area contributed by atoms with Gasteiger partial charge in [-0.25, -0.2) is 4.68 Å². The first-order chi connectivity index (χ1) is 10.3. The summed E-state index contributed by atoms with van der Waals surface area (Å²) >= 11 is 0. The Labute approximate surface area is 123 Å². The normalized spacial score (nSPS) is 17.9. The number of ether oxygens (including phenoxy) is 1. The minimum Gasteiger partial charge on any atom is -0.376 e. The highest BCUT2D eigenvalue weighted by atomic mass is 16.5. The van der Waals surface area contributed by atoms with Crippen LogP contribution in [-0.4, -0.2) is 58.1 Å². The van der Waals surface area contributed by atoms with Crippen LogP contribution in [0.1, 0.15) is 12.8 Å². The van der Waals surface area contributed by atoms with E-state index >= 15 is 0 Å². The molecule has 1 saturated heterocycles.